The molecule has 0 aliphatic heterocycles. The van der Waals surface area contributed by atoms with Crippen LogP contribution in [0, 0.1) is 0 Å². The third-order valence-corrected chi connectivity index (χ3v) is 7.62. The highest BCUT2D eigenvalue weighted by Gasteiger charge is 2.15. The van der Waals surface area contributed by atoms with Crippen LogP contribution in [0.4, 0.5) is 4.79 Å². The van der Waals surface area contributed by atoms with E-state index in [0.717, 1.165) is 76.6 Å². The second-order valence-corrected chi connectivity index (χ2v) is 11.5. The Labute approximate surface area is 274 Å². The summed E-state index contributed by atoms with van der Waals surface area (Å²) in [4.78, 5) is 43.0. The van der Waals surface area contributed by atoms with Gasteiger partial charge in [-0.05, 0) is 69.9 Å². The number of hydrogen-bond acceptors (Lipinski definition) is 10. The van der Waals surface area contributed by atoms with E-state index in [0.29, 0.717) is 19.6 Å². The molecule has 3 aromatic rings. The number of rotatable bonds is 23. The number of aromatic amines is 1. The van der Waals surface area contributed by atoms with Crippen LogP contribution in [0.3, 0.4) is 0 Å². The third kappa shape index (κ3) is 14.1. The molecule has 3 rings (SSSR count). The first kappa shape index (κ1) is 36.7. The van der Waals surface area contributed by atoms with Crippen LogP contribution in [0.5, 0.6) is 0 Å². The van der Waals surface area contributed by atoms with Crippen molar-refractivity contribution in [3.8, 4) is 0 Å². The van der Waals surface area contributed by atoms with Crippen LogP contribution in [0.15, 0.2) is 49.1 Å². The lowest BCUT2D eigenvalue weighted by molar-refractivity contribution is -0.153. The van der Waals surface area contributed by atoms with Crippen LogP contribution in [-0.2, 0) is 52.2 Å². The lowest BCUT2D eigenvalue weighted by Crippen LogP contribution is -2.30. The standard InChI is InChI=1S/C34H53N7O5/c1-5-18-39(19-6-2)20-8-9-21-40(22-14-33(42)45-28-46-34(43)44-7-3)24-29-10-12-30(13-11-29)25-41(26-31-35-15-16-36-31)27-32-37-17-23-38(32)4/h10-13,15-17,23H,5-9,14,18-22,24-28H2,1-4H3,(H,35,36). The molecule has 2 aromatic heterocycles. The molecule has 0 saturated heterocycles. The van der Waals surface area contributed by atoms with Crippen LogP contribution in [0.25, 0.3) is 0 Å². The summed E-state index contributed by atoms with van der Waals surface area (Å²) in [6.45, 7) is 13.5. The molecule has 0 fully saturated rings. The molecule has 254 valence electrons. The Morgan fingerprint density at radius 2 is 1.43 bits per heavy atom. The monoisotopic (exact) mass is 639 g/mol. The lowest BCUT2D eigenvalue weighted by atomic mass is 10.1. The summed E-state index contributed by atoms with van der Waals surface area (Å²) in [5.41, 5.74) is 2.39. The van der Waals surface area contributed by atoms with Crippen molar-refractivity contribution in [3.63, 3.8) is 0 Å². The van der Waals surface area contributed by atoms with Gasteiger partial charge in [0.15, 0.2) is 0 Å². The SMILES string of the molecule is CCCN(CCC)CCCCN(CCC(=O)OCOC(=O)OCC)Cc1ccc(CN(Cc2ncc[nH]2)Cc2nccn2C)cc1. The number of benzene rings is 1. The average Bonchev–Trinajstić information content (AvgIpc) is 3.70. The van der Waals surface area contributed by atoms with Crippen molar-refractivity contribution in [2.24, 2.45) is 7.05 Å². The summed E-state index contributed by atoms with van der Waals surface area (Å²) < 4.78 is 16.6. The second kappa shape index (κ2) is 21.1. The zero-order valence-electron chi connectivity index (χ0n) is 28.2. The molecular formula is C34H53N7O5. The first-order valence-corrected chi connectivity index (χ1v) is 16.5. The molecule has 0 aliphatic carbocycles. The molecule has 46 heavy (non-hydrogen) atoms. The van der Waals surface area contributed by atoms with Crippen molar-refractivity contribution < 1.29 is 23.8 Å². The molecule has 2 heterocycles. The third-order valence-electron chi connectivity index (χ3n) is 7.62. The number of hydrogen-bond donors (Lipinski definition) is 1. The van der Waals surface area contributed by atoms with Gasteiger partial charge in [-0.15, -0.1) is 0 Å². The highest BCUT2D eigenvalue weighted by molar-refractivity contribution is 5.69. The fourth-order valence-electron chi connectivity index (χ4n) is 5.31. The maximum Gasteiger partial charge on any atom is 0.511 e. The number of unbranched alkanes of at least 4 members (excludes halogenated alkanes) is 1. The van der Waals surface area contributed by atoms with Gasteiger partial charge in [-0.3, -0.25) is 14.6 Å². The van der Waals surface area contributed by atoms with E-state index in [1.54, 1.807) is 13.1 Å². The minimum atomic E-state index is -0.846. The Morgan fingerprint density at radius 1 is 0.761 bits per heavy atom. The average molecular weight is 640 g/mol. The van der Waals surface area contributed by atoms with Gasteiger partial charge in [-0.2, -0.15) is 0 Å². The molecular weight excluding hydrogens is 586 g/mol. The Hall–Kier alpha value is -3.74. The van der Waals surface area contributed by atoms with Crippen LogP contribution in [0.1, 0.15) is 75.7 Å². The summed E-state index contributed by atoms with van der Waals surface area (Å²) >= 11 is 0. The van der Waals surface area contributed by atoms with Gasteiger partial charge >= 0.3 is 12.1 Å². The number of carbonyl (C=O) groups excluding carboxylic acids is 2. The number of carbonyl (C=O) groups is 2. The molecule has 1 aromatic carbocycles. The van der Waals surface area contributed by atoms with Crippen molar-refractivity contribution in [2.75, 3.05) is 46.1 Å². The minimum Gasteiger partial charge on any atom is -0.435 e. The van der Waals surface area contributed by atoms with Gasteiger partial charge in [-0.25, -0.2) is 14.8 Å². The number of imidazole rings is 2. The predicted octanol–water partition coefficient (Wildman–Crippen LogP) is 5.11. The largest absolute Gasteiger partial charge is 0.511 e. The Kier molecular flexibility index (Phi) is 16.9. The first-order chi connectivity index (χ1) is 22.4. The maximum atomic E-state index is 12.4. The summed E-state index contributed by atoms with van der Waals surface area (Å²) in [5, 5.41) is 0. The fourth-order valence-corrected chi connectivity index (χ4v) is 5.31. The molecule has 12 nitrogen and oxygen atoms in total. The van der Waals surface area contributed by atoms with Crippen molar-refractivity contribution in [3.05, 3.63) is 71.8 Å². The number of aryl methyl sites for hydroxylation is 1. The van der Waals surface area contributed by atoms with Crippen molar-refractivity contribution in [2.45, 2.75) is 79.1 Å². The van der Waals surface area contributed by atoms with Gasteiger partial charge in [0.1, 0.15) is 11.6 Å². The van der Waals surface area contributed by atoms with E-state index in [2.05, 4.69) is 67.8 Å². The smallest absolute Gasteiger partial charge is 0.435 e. The quantitative estimate of drug-likeness (QED) is 0.0852. The minimum absolute atomic E-state index is 0.200. The molecule has 0 amide bonds. The number of esters is 1. The van der Waals surface area contributed by atoms with Gasteiger partial charge in [0, 0.05) is 51.5 Å². The second-order valence-electron chi connectivity index (χ2n) is 11.5. The van der Waals surface area contributed by atoms with Crippen molar-refractivity contribution in [1.82, 2.24) is 34.2 Å². The van der Waals surface area contributed by atoms with Gasteiger partial charge in [0.25, 0.3) is 0 Å². The summed E-state index contributed by atoms with van der Waals surface area (Å²) in [6.07, 6.45) is 11.2. The van der Waals surface area contributed by atoms with E-state index < -0.39 is 18.9 Å². The Morgan fingerprint density at radius 3 is 2.02 bits per heavy atom. The van der Waals surface area contributed by atoms with Crippen molar-refractivity contribution >= 4 is 12.1 Å². The van der Waals surface area contributed by atoms with E-state index in [1.807, 2.05) is 30.2 Å². The highest BCUT2D eigenvalue weighted by Crippen LogP contribution is 2.15. The summed E-state index contributed by atoms with van der Waals surface area (Å²) in [7, 11) is 2.01. The molecule has 1 N–H and O–H groups in total. The zero-order chi connectivity index (χ0) is 33.0. The van der Waals surface area contributed by atoms with Gasteiger partial charge in [0.2, 0.25) is 6.79 Å². The van der Waals surface area contributed by atoms with Gasteiger partial charge < -0.3 is 28.7 Å². The zero-order valence-corrected chi connectivity index (χ0v) is 28.2. The molecule has 0 unspecified atom stereocenters. The molecule has 0 spiro atoms. The highest BCUT2D eigenvalue weighted by atomic mass is 16.8. The number of nitrogens with one attached hydrogen (secondary N) is 1. The predicted molar refractivity (Wildman–Crippen MR) is 176 cm³/mol. The van der Waals surface area contributed by atoms with E-state index >= 15 is 0 Å². The molecule has 0 atom stereocenters. The maximum absolute atomic E-state index is 12.4. The molecule has 0 radical (unpaired) electrons. The molecule has 12 heteroatoms. The Bertz CT molecular complexity index is 1240. The topological polar surface area (TPSA) is 118 Å². The van der Waals surface area contributed by atoms with E-state index in [-0.39, 0.29) is 13.0 Å². The number of ether oxygens (including phenoxy) is 3. The first-order valence-electron chi connectivity index (χ1n) is 16.5. The summed E-state index contributed by atoms with van der Waals surface area (Å²) in [6, 6.07) is 8.69. The van der Waals surface area contributed by atoms with Crippen LogP contribution in [0.2, 0.25) is 0 Å². The Balaban J connectivity index is 1.58. The lowest BCUT2D eigenvalue weighted by Gasteiger charge is -2.24. The normalized spacial score (nSPS) is 11.5. The fraction of sp³-hybridized carbons (Fsp3) is 0.588. The van der Waals surface area contributed by atoms with Gasteiger partial charge in [0.05, 0.1) is 26.1 Å². The number of nitrogens with zero attached hydrogens (tertiary/aromatic N) is 6. The molecule has 0 aliphatic rings. The summed E-state index contributed by atoms with van der Waals surface area (Å²) in [5.74, 6) is 1.50. The van der Waals surface area contributed by atoms with Crippen molar-refractivity contribution in [1.29, 1.82) is 0 Å². The van der Waals surface area contributed by atoms with E-state index in [1.165, 1.54) is 11.1 Å². The van der Waals surface area contributed by atoms with E-state index in [9.17, 15) is 9.59 Å². The molecule has 0 bridgehead atoms. The number of H-pyrrole nitrogens is 1. The molecule has 0 saturated carbocycles. The van der Waals surface area contributed by atoms with Crippen LogP contribution in [-0.4, -0.2) is 92.5 Å². The van der Waals surface area contributed by atoms with Gasteiger partial charge in [-0.1, -0.05) is 38.1 Å². The van der Waals surface area contributed by atoms with E-state index in [4.69, 9.17) is 14.2 Å². The van der Waals surface area contributed by atoms with Crippen LogP contribution < -0.4 is 0 Å². The van der Waals surface area contributed by atoms with Crippen LogP contribution >= 0.6 is 0 Å². The number of aromatic nitrogens is 4.